The second kappa shape index (κ2) is 6.36. The number of non-ortho nitro benzene ring substituents is 1. The van der Waals surface area contributed by atoms with Crippen molar-refractivity contribution in [2.45, 2.75) is 19.5 Å². The van der Waals surface area contributed by atoms with Crippen LogP contribution in [0.15, 0.2) is 30.5 Å². The Labute approximate surface area is 121 Å². The summed E-state index contributed by atoms with van der Waals surface area (Å²) in [4.78, 5) is 22.2. The van der Waals surface area contributed by atoms with E-state index in [1.807, 2.05) is 6.92 Å². The minimum atomic E-state index is -0.435. The zero-order chi connectivity index (χ0) is 15.4. The Morgan fingerprint density at radius 3 is 2.90 bits per heavy atom. The Kier molecular flexibility index (Phi) is 4.54. The lowest BCUT2D eigenvalue weighted by Crippen LogP contribution is -2.37. The van der Waals surface area contributed by atoms with E-state index >= 15 is 0 Å². The van der Waals surface area contributed by atoms with Gasteiger partial charge in [0.05, 0.1) is 11.5 Å². The number of hydrogen-bond donors (Lipinski definition) is 1. The van der Waals surface area contributed by atoms with E-state index in [4.69, 9.17) is 4.74 Å². The van der Waals surface area contributed by atoms with E-state index in [9.17, 15) is 14.9 Å². The summed E-state index contributed by atoms with van der Waals surface area (Å²) in [6.45, 7) is 2.47. The minimum absolute atomic E-state index is 0.0402. The van der Waals surface area contributed by atoms with Gasteiger partial charge in [-0.1, -0.05) is 0 Å². The van der Waals surface area contributed by atoms with Crippen LogP contribution in [0.5, 0.6) is 0 Å². The van der Waals surface area contributed by atoms with Gasteiger partial charge in [0, 0.05) is 42.4 Å². The van der Waals surface area contributed by atoms with E-state index in [2.05, 4.69) is 5.32 Å². The molecule has 7 nitrogen and oxygen atoms in total. The third-order valence-electron chi connectivity index (χ3n) is 3.10. The van der Waals surface area contributed by atoms with Gasteiger partial charge in [-0.05, 0) is 19.1 Å². The van der Waals surface area contributed by atoms with Crippen LogP contribution in [0.1, 0.15) is 6.92 Å². The summed E-state index contributed by atoms with van der Waals surface area (Å²) >= 11 is 0. The average molecular weight is 291 g/mol. The van der Waals surface area contributed by atoms with Gasteiger partial charge in [0.15, 0.2) is 0 Å². The van der Waals surface area contributed by atoms with Gasteiger partial charge in [-0.2, -0.15) is 0 Å². The number of nitrogens with one attached hydrogen (secondary N) is 1. The summed E-state index contributed by atoms with van der Waals surface area (Å²) in [6.07, 6.45) is 1.74. The standard InChI is InChI=1S/C14H17N3O4/c1-10(9-21-2)15-14(18)8-16-6-5-11-7-12(17(19)20)3-4-13(11)16/h3-7,10H,8-9H2,1-2H3,(H,15,18)/t10-/m1/s1. The normalized spacial score (nSPS) is 12.3. The van der Waals surface area contributed by atoms with Crippen LogP contribution in [-0.2, 0) is 16.1 Å². The predicted octanol–water partition coefficient (Wildman–Crippen LogP) is 1.70. The molecule has 0 aliphatic rings. The molecule has 0 spiro atoms. The molecular weight excluding hydrogens is 274 g/mol. The summed E-state index contributed by atoms with van der Waals surface area (Å²) in [5.41, 5.74) is 0.827. The Hall–Kier alpha value is -2.41. The van der Waals surface area contributed by atoms with Crippen LogP contribution in [0.3, 0.4) is 0 Å². The van der Waals surface area contributed by atoms with Crippen LogP contribution in [0, 0.1) is 10.1 Å². The highest BCUT2D eigenvalue weighted by Crippen LogP contribution is 2.21. The zero-order valence-corrected chi connectivity index (χ0v) is 11.9. The number of carbonyl (C=O) groups excluding carboxylic acids is 1. The summed E-state index contributed by atoms with van der Waals surface area (Å²) < 4.78 is 6.72. The molecule has 2 aromatic rings. The summed E-state index contributed by atoms with van der Waals surface area (Å²) in [7, 11) is 1.58. The van der Waals surface area contributed by atoms with E-state index in [0.717, 1.165) is 10.9 Å². The molecule has 1 N–H and O–H groups in total. The predicted molar refractivity (Wildman–Crippen MR) is 78.1 cm³/mol. The number of amides is 1. The van der Waals surface area contributed by atoms with Gasteiger partial charge in [-0.25, -0.2) is 0 Å². The molecule has 7 heteroatoms. The number of benzene rings is 1. The van der Waals surface area contributed by atoms with Crippen molar-refractivity contribution in [3.8, 4) is 0 Å². The fourth-order valence-corrected chi connectivity index (χ4v) is 2.21. The molecule has 0 bridgehead atoms. The van der Waals surface area contributed by atoms with Gasteiger partial charge in [0.25, 0.3) is 5.69 Å². The number of carbonyl (C=O) groups is 1. The molecule has 0 radical (unpaired) electrons. The molecule has 112 valence electrons. The van der Waals surface area contributed by atoms with Gasteiger partial charge in [-0.3, -0.25) is 14.9 Å². The third kappa shape index (κ3) is 3.57. The maximum atomic E-state index is 11.9. The van der Waals surface area contributed by atoms with Crippen molar-refractivity contribution in [3.05, 3.63) is 40.6 Å². The highest BCUT2D eigenvalue weighted by Gasteiger charge is 2.12. The van der Waals surface area contributed by atoms with Crippen molar-refractivity contribution in [2.24, 2.45) is 0 Å². The Morgan fingerprint density at radius 2 is 2.24 bits per heavy atom. The van der Waals surface area contributed by atoms with E-state index in [1.54, 1.807) is 30.0 Å². The van der Waals surface area contributed by atoms with Crippen LogP contribution in [0.2, 0.25) is 0 Å². The monoisotopic (exact) mass is 291 g/mol. The molecule has 0 saturated carbocycles. The fraction of sp³-hybridized carbons (Fsp3) is 0.357. The zero-order valence-electron chi connectivity index (χ0n) is 11.9. The molecule has 0 saturated heterocycles. The highest BCUT2D eigenvalue weighted by atomic mass is 16.6. The maximum absolute atomic E-state index is 11.9. The molecule has 1 aromatic heterocycles. The average Bonchev–Trinajstić information content (AvgIpc) is 2.81. The number of ether oxygens (including phenoxy) is 1. The van der Waals surface area contributed by atoms with Crippen LogP contribution in [-0.4, -0.2) is 35.2 Å². The summed E-state index contributed by atoms with van der Waals surface area (Å²) in [5.74, 6) is -0.129. The molecule has 0 aliphatic carbocycles. The highest BCUT2D eigenvalue weighted by molar-refractivity contribution is 5.85. The number of rotatable bonds is 6. The number of aromatic nitrogens is 1. The second-order valence-electron chi connectivity index (χ2n) is 4.87. The van der Waals surface area contributed by atoms with Crippen molar-refractivity contribution in [1.82, 2.24) is 9.88 Å². The number of nitro groups is 1. The van der Waals surface area contributed by atoms with Crippen molar-refractivity contribution in [1.29, 1.82) is 0 Å². The van der Waals surface area contributed by atoms with Crippen LogP contribution in [0.25, 0.3) is 10.9 Å². The quantitative estimate of drug-likeness (QED) is 0.648. The first-order chi connectivity index (χ1) is 10.0. The van der Waals surface area contributed by atoms with Crippen LogP contribution >= 0.6 is 0 Å². The SMILES string of the molecule is COC[C@@H](C)NC(=O)Cn1ccc2cc([N+](=O)[O-])ccc21. The van der Waals surface area contributed by atoms with Gasteiger partial charge < -0.3 is 14.6 Å². The van der Waals surface area contributed by atoms with E-state index < -0.39 is 4.92 Å². The molecule has 2 rings (SSSR count). The number of methoxy groups -OCH3 is 1. The van der Waals surface area contributed by atoms with Gasteiger partial charge in [-0.15, -0.1) is 0 Å². The number of hydrogen-bond acceptors (Lipinski definition) is 4. The number of nitro benzene ring substituents is 1. The summed E-state index contributed by atoms with van der Waals surface area (Å²) in [5, 5.41) is 14.3. The Bertz CT molecular complexity index is 665. The lowest BCUT2D eigenvalue weighted by molar-refractivity contribution is -0.384. The van der Waals surface area contributed by atoms with E-state index in [-0.39, 0.29) is 24.2 Å². The molecule has 21 heavy (non-hydrogen) atoms. The number of fused-ring (bicyclic) bond motifs is 1. The minimum Gasteiger partial charge on any atom is -0.383 e. The molecule has 0 fully saturated rings. The second-order valence-corrected chi connectivity index (χ2v) is 4.87. The Morgan fingerprint density at radius 1 is 1.48 bits per heavy atom. The summed E-state index contributed by atoms with van der Waals surface area (Å²) in [6, 6.07) is 6.28. The fourth-order valence-electron chi connectivity index (χ4n) is 2.21. The number of nitrogens with zero attached hydrogens (tertiary/aromatic N) is 2. The molecular formula is C14H17N3O4. The molecule has 1 aromatic carbocycles. The molecule has 0 unspecified atom stereocenters. The molecule has 1 atom stereocenters. The third-order valence-corrected chi connectivity index (χ3v) is 3.10. The van der Waals surface area contributed by atoms with Gasteiger partial charge >= 0.3 is 0 Å². The van der Waals surface area contributed by atoms with Crippen molar-refractivity contribution in [3.63, 3.8) is 0 Å². The van der Waals surface area contributed by atoms with Crippen LogP contribution in [0.4, 0.5) is 5.69 Å². The van der Waals surface area contributed by atoms with E-state index in [0.29, 0.717) is 6.61 Å². The smallest absolute Gasteiger partial charge is 0.270 e. The molecule has 1 heterocycles. The van der Waals surface area contributed by atoms with Crippen molar-refractivity contribution < 1.29 is 14.5 Å². The molecule has 0 aliphatic heterocycles. The van der Waals surface area contributed by atoms with Gasteiger partial charge in [0.2, 0.25) is 5.91 Å². The lowest BCUT2D eigenvalue weighted by atomic mass is 10.2. The first-order valence-corrected chi connectivity index (χ1v) is 6.53. The van der Waals surface area contributed by atoms with E-state index in [1.165, 1.54) is 12.1 Å². The van der Waals surface area contributed by atoms with Crippen molar-refractivity contribution >= 4 is 22.5 Å². The van der Waals surface area contributed by atoms with Crippen LogP contribution < -0.4 is 5.32 Å². The molecule has 1 amide bonds. The maximum Gasteiger partial charge on any atom is 0.270 e. The Balaban J connectivity index is 2.12. The van der Waals surface area contributed by atoms with Crippen molar-refractivity contribution in [2.75, 3.05) is 13.7 Å². The topological polar surface area (TPSA) is 86.4 Å². The largest absolute Gasteiger partial charge is 0.383 e. The first-order valence-electron chi connectivity index (χ1n) is 6.53. The first kappa shape index (κ1) is 15.0. The van der Waals surface area contributed by atoms with Gasteiger partial charge in [0.1, 0.15) is 6.54 Å². The lowest BCUT2D eigenvalue weighted by Gasteiger charge is -2.13.